The fourth-order valence-corrected chi connectivity index (χ4v) is 3.28. The van der Waals surface area contributed by atoms with Crippen molar-refractivity contribution in [1.82, 2.24) is 19.9 Å². The molecule has 1 amide bonds. The second-order valence-corrected chi connectivity index (χ2v) is 6.95. The lowest BCUT2D eigenvalue weighted by molar-refractivity contribution is 0.0931. The van der Waals surface area contributed by atoms with E-state index < -0.39 is 0 Å². The summed E-state index contributed by atoms with van der Waals surface area (Å²) in [4.78, 5) is 12.8. The number of carbonyl (C=O) groups excluding carboxylic acids is 1. The summed E-state index contributed by atoms with van der Waals surface area (Å²) in [5.41, 5.74) is 2.55. The van der Waals surface area contributed by atoms with Gasteiger partial charge in [-0.15, -0.1) is 10.2 Å². The van der Waals surface area contributed by atoms with Crippen molar-refractivity contribution >= 4 is 34.1 Å². The predicted octanol–water partition coefficient (Wildman–Crippen LogP) is 3.91. The molecule has 24 heavy (non-hydrogen) atoms. The number of hydrogen-bond donors (Lipinski definition) is 1. The Morgan fingerprint density at radius 2 is 2.12 bits per heavy atom. The zero-order valence-corrected chi connectivity index (χ0v) is 15.8. The summed E-state index contributed by atoms with van der Waals surface area (Å²) < 4.78 is 2.87. The summed E-state index contributed by atoms with van der Waals surface area (Å²) in [6, 6.07) is 11.5. The van der Waals surface area contributed by atoms with Crippen molar-refractivity contribution in [3.8, 4) is 0 Å². The highest BCUT2D eigenvalue weighted by molar-refractivity contribution is 14.1. The van der Waals surface area contributed by atoms with Gasteiger partial charge < -0.3 is 5.32 Å². The van der Waals surface area contributed by atoms with Gasteiger partial charge in [0.1, 0.15) is 0 Å². The Hall–Kier alpha value is -1.96. The number of nitrogens with zero attached hydrogens (tertiary/aromatic N) is 3. The van der Waals surface area contributed by atoms with Crippen LogP contribution in [-0.2, 0) is 0 Å². The molecule has 1 unspecified atom stereocenters. The van der Waals surface area contributed by atoms with E-state index in [0.29, 0.717) is 5.56 Å². The maximum absolute atomic E-state index is 12.8. The average molecular weight is 434 g/mol. The smallest absolute Gasteiger partial charge is 0.252 e. The minimum atomic E-state index is -0.170. The first-order valence-corrected chi connectivity index (χ1v) is 9.04. The molecule has 2 heterocycles. The van der Waals surface area contributed by atoms with Gasteiger partial charge >= 0.3 is 0 Å². The lowest BCUT2D eigenvalue weighted by Gasteiger charge is -2.17. The fraction of sp³-hybridized carbons (Fsp3) is 0.278. The van der Waals surface area contributed by atoms with Gasteiger partial charge in [0.25, 0.3) is 5.91 Å². The van der Waals surface area contributed by atoms with E-state index in [1.165, 1.54) is 0 Å². The molecule has 0 fully saturated rings. The van der Waals surface area contributed by atoms with E-state index in [0.717, 1.165) is 33.4 Å². The molecule has 0 bridgehead atoms. The molecule has 1 atom stereocenters. The Morgan fingerprint density at radius 1 is 1.29 bits per heavy atom. The van der Waals surface area contributed by atoms with E-state index in [1.807, 2.05) is 53.9 Å². The number of aryl methyl sites for hydroxylation is 1. The van der Waals surface area contributed by atoms with Crippen molar-refractivity contribution in [2.75, 3.05) is 0 Å². The maximum atomic E-state index is 12.8. The number of rotatable bonds is 5. The lowest BCUT2D eigenvalue weighted by atomic mass is 10.1. The van der Waals surface area contributed by atoms with Gasteiger partial charge in [0.05, 0.1) is 11.6 Å². The van der Waals surface area contributed by atoms with Gasteiger partial charge in [-0.3, -0.25) is 9.20 Å². The zero-order chi connectivity index (χ0) is 17.1. The average Bonchev–Trinajstić information content (AvgIpc) is 3.00. The standard InChI is InChI=1S/C18H19IN4O/c1-3-6-15(17-22-21-16-7-4-5-10-23(16)17)20-18(24)13-11-12(2)8-9-14(13)19/h4-5,7-11,15H,3,6H2,1-2H3,(H,20,24). The number of aromatic nitrogens is 3. The molecule has 2 aromatic heterocycles. The molecule has 5 nitrogen and oxygen atoms in total. The number of hydrogen-bond acceptors (Lipinski definition) is 3. The molecule has 6 heteroatoms. The van der Waals surface area contributed by atoms with Crippen LogP contribution in [0.25, 0.3) is 5.65 Å². The third-order valence-electron chi connectivity index (χ3n) is 3.90. The van der Waals surface area contributed by atoms with Crippen LogP contribution in [0.5, 0.6) is 0 Å². The van der Waals surface area contributed by atoms with Gasteiger partial charge in [-0.1, -0.05) is 31.0 Å². The molecule has 0 saturated carbocycles. The van der Waals surface area contributed by atoms with Crippen LogP contribution in [0.4, 0.5) is 0 Å². The van der Waals surface area contributed by atoms with Gasteiger partial charge in [0.15, 0.2) is 11.5 Å². The summed E-state index contributed by atoms with van der Waals surface area (Å²) in [5.74, 6) is 0.692. The minimum absolute atomic E-state index is 0.0748. The van der Waals surface area contributed by atoms with E-state index in [-0.39, 0.29) is 11.9 Å². The van der Waals surface area contributed by atoms with E-state index in [2.05, 4.69) is 45.0 Å². The number of benzene rings is 1. The maximum Gasteiger partial charge on any atom is 0.252 e. The first-order chi connectivity index (χ1) is 11.6. The van der Waals surface area contributed by atoms with E-state index >= 15 is 0 Å². The van der Waals surface area contributed by atoms with Crippen LogP contribution in [-0.4, -0.2) is 20.5 Å². The predicted molar refractivity (Wildman–Crippen MR) is 102 cm³/mol. The van der Waals surface area contributed by atoms with Crippen LogP contribution in [0, 0.1) is 10.5 Å². The summed E-state index contributed by atoms with van der Waals surface area (Å²) in [6.07, 6.45) is 3.68. The number of pyridine rings is 1. The molecule has 0 saturated heterocycles. The zero-order valence-electron chi connectivity index (χ0n) is 13.7. The number of nitrogens with one attached hydrogen (secondary N) is 1. The second-order valence-electron chi connectivity index (χ2n) is 5.79. The normalized spacial score (nSPS) is 12.3. The first kappa shape index (κ1) is 16.9. The van der Waals surface area contributed by atoms with Crippen molar-refractivity contribution in [1.29, 1.82) is 0 Å². The second kappa shape index (κ2) is 7.29. The Labute approximate surface area is 154 Å². The van der Waals surface area contributed by atoms with Crippen molar-refractivity contribution in [3.05, 3.63) is 63.1 Å². The lowest BCUT2D eigenvalue weighted by Crippen LogP contribution is -2.30. The number of amides is 1. The van der Waals surface area contributed by atoms with Crippen LogP contribution in [0.15, 0.2) is 42.6 Å². The van der Waals surface area contributed by atoms with Crippen LogP contribution in [0.2, 0.25) is 0 Å². The summed E-state index contributed by atoms with van der Waals surface area (Å²) in [5, 5.41) is 11.6. The number of fused-ring (bicyclic) bond motifs is 1. The van der Waals surface area contributed by atoms with Crippen LogP contribution < -0.4 is 5.32 Å². The highest BCUT2D eigenvalue weighted by Crippen LogP contribution is 2.20. The van der Waals surface area contributed by atoms with Gasteiger partial charge in [0, 0.05) is 9.77 Å². The number of carbonyl (C=O) groups is 1. The van der Waals surface area contributed by atoms with Crippen molar-refractivity contribution < 1.29 is 4.79 Å². The first-order valence-electron chi connectivity index (χ1n) is 7.97. The molecule has 0 radical (unpaired) electrons. The molecule has 0 spiro atoms. The van der Waals surface area contributed by atoms with Gasteiger partial charge in [-0.2, -0.15) is 0 Å². The van der Waals surface area contributed by atoms with Crippen LogP contribution in [0.1, 0.15) is 47.6 Å². The molecule has 1 aromatic carbocycles. The highest BCUT2D eigenvalue weighted by Gasteiger charge is 2.21. The minimum Gasteiger partial charge on any atom is -0.342 e. The van der Waals surface area contributed by atoms with Gasteiger partial charge in [-0.25, -0.2) is 0 Å². The summed E-state index contributed by atoms with van der Waals surface area (Å²) in [7, 11) is 0. The van der Waals surface area contributed by atoms with Crippen molar-refractivity contribution in [2.45, 2.75) is 32.7 Å². The van der Waals surface area contributed by atoms with E-state index in [1.54, 1.807) is 0 Å². The Balaban J connectivity index is 1.91. The summed E-state index contributed by atoms with van der Waals surface area (Å²) in [6.45, 7) is 4.08. The quantitative estimate of drug-likeness (QED) is 0.620. The molecule has 3 aromatic rings. The molecule has 1 N–H and O–H groups in total. The molecule has 0 aliphatic carbocycles. The molecule has 3 rings (SSSR count). The molecular formula is C18H19IN4O. The fourth-order valence-electron chi connectivity index (χ4n) is 2.70. The van der Waals surface area contributed by atoms with Crippen molar-refractivity contribution in [3.63, 3.8) is 0 Å². The molecule has 0 aliphatic heterocycles. The highest BCUT2D eigenvalue weighted by atomic mass is 127. The van der Waals surface area contributed by atoms with Crippen LogP contribution >= 0.6 is 22.6 Å². The third-order valence-corrected chi connectivity index (χ3v) is 4.84. The Morgan fingerprint density at radius 3 is 2.92 bits per heavy atom. The molecular weight excluding hydrogens is 415 g/mol. The molecule has 0 aliphatic rings. The Kier molecular flexibility index (Phi) is 5.13. The Bertz CT molecular complexity index is 874. The van der Waals surface area contributed by atoms with Gasteiger partial charge in [0.2, 0.25) is 0 Å². The topological polar surface area (TPSA) is 59.3 Å². The SMILES string of the molecule is CCCC(NC(=O)c1cc(C)ccc1I)c1nnc2ccccn12. The van der Waals surface area contributed by atoms with Crippen molar-refractivity contribution in [2.24, 2.45) is 0 Å². The third kappa shape index (κ3) is 3.43. The van der Waals surface area contributed by atoms with E-state index in [4.69, 9.17) is 0 Å². The number of halogens is 1. The van der Waals surface area contributed by atoms with E-state index in [9.17, 15) is 4.79 Å². The largest absolute Gasteiger partial charge is 0.342 e. The molecule has 124 valence electrons. The monoisotopic (exact) mass is 434 g/mol. The van der Waals surface area contributed by atoms with Gasteiger partial charge in [-0.05, 0) is 60.2 Å². The summed E-state index contributed by atoms with van der Waals surface area (Å²) >= 11 is 2.19. The van der Waals surface area contributed by atoms with Crippen LogP contribution in [0.3, 0.4) is 0 Å².